The van der Waals surface area contributed by atoms with E-state index in [1.54, 1.807) is 19.1 Å². The van der Waals surface area contributed by atoms with E-state index in [-0.39, 0.29) is 5.69 Å². The van der Waals surface area contributed by atoms with Crippen molar-refractivity contribution in [2.24, 2.45) is 0 Å². The topological polar surface area (TPSA) is 68.0 Å². The second-order valence-electron chi connectivity index (χ2n) is 3.97. The SMILES string of the molecule is Cc1ccc(NC(=O)c2c(F)ccc(N)c2F)cn1. The maximum atomic E-state index is 13.6. The Kier molecular flexibility index (Phi) is 3.41. The predicted molar refractivity (Wildman–Crippen MR) is 67.7 cm³/mol. The van der Waals surface area contributed by atoms with E-state index in [0.717, 1.165) is 17.8 Å². The Labute approximate surface area is 108 Å². The number of nitrogens with zero attached hydrogens (tertiary/aromatic N) is 1. The van der Waals surface area contributed by atoms with E-state index < -0.39 is 23.1 Å². The number of anilines is 2. The van der Waals surface area contributed by atoms with Gasteiger partial charge in [0.05, 0.1) is 17.6 Å². The third-order valence-corrected chi connectivity index (χ3v) is 2.52. The molecule has 1 heterocycles. The van der Waals surface area contributed by atoms with Crippen LogP contribution in [-0.2, 0) is 0 Å². The highest BCUT2D eigenvalue weighted by atomic mass is 19.1. The van der Waals surface area contributed by atoms with E-state index in [4.69, 9.17) is 5.73 Å². The van der Waals surface area contributed by atoms with Crippen molar-refractivity contribution < 1.29 is 13.6 Å². The number of hydrogen-bond acceptors (Lipinski definition) is 3. The minimum atomic E-state index is -1.07. The lowest BCUT2D eigenvalue weighted by atomic mass is 10.1. The monoisotopic (exact) mass is 263 g/mol. The maximum Gasteiger partial charge on any atom is 0.261 e. The molecule has 0 unspecified atom stereocenters. The number of rotatable bonds is 2. The summed E-state index contributed by atoms with van der Waals surface area (Å²) in [5.74, 6) is -2.95. The molecule has 0 saturated carbocycles. The van der Waals surface area contributed by atoms with Crippen molar-refractivity contribution in [2.45, 2.75) is 6.92 Å². The van der Waals surface area contributed by atoms with Gasteiger partial charge in [-0.05, 0) is 31.2 Å². The number of benzene rings is 1. The third kappa shape index (κ3) is 2.67. The quantitative estimate of drug-likeness (QED) is 0.818. The van der Waals surface area contributed by atoms with Gasteiger partial charge in [-0.2, -0.15) is 0 Å². The zero-order chi connectivity index (χ0) is 14.0. The summed E-state index contributed by atoms with van der Waals surface area (Å²) in [6.07, 6.45) is 1.40. The molecule has 6 heteroatoms. The zero-order valence-corrected chi connectivity index (χ0v) is 10.1. The second kappa shape index (κ2) is 5.01. The van der Waals surface area contributed by atoms with Crippen LogP contribution >= 0.6 is 0 Å². The smallest absolute Gasteiger partial charge is 0.261 e. The Hall–Kier alpha value is -2.50. The summed E-state index contributed by atoms with van der Waals surface area (Å²) < 4.78 is 27.1. The molecule has 0 bridgehead atoms. The van der Waals surface area contributed by atoms with Crippen LogP contribution in [0.5, 0.6) is 0 Å². The number of pyridine rings is 1. The van der Waals surface area contributed by atoms with Crippen LogP contribution in [0.15, 0.2) is 30.5 Å². The molecule has 0 spiro atoms. The lowest BCUT2D eigenvalue weighted by molar-refractivity contribution is 0.101. The van der Waals surface area contributed by atoms with Gasteiger partial charge in [0.1, 0.15) is 11.4 Å². The predicted octanol–water partition coefficient (Wildman–Crippen LogP) is 2.50. The molecule has 0 aliphatic carbocycles. The van der Waals surface area contributed by atoms with Crippen LogP contribution in [0, 0.1) is 18.6 Å². The Bertz CT molecular complexity index is 627. The van der Waals surface area contributed by atoms with Crippen LogP contribution in [0.4, 0.5) is 20.2 Å². The van der Waals surface area contributed by atoms with Gasteiger partial charge in [-0.3, -0.25) is 9.78 Å². The Morgan fingerprint density at radius 2 is 2.00 bits per heavy atom. The molecule has 1 amide bonds. The van der Waals surface area contributed by atoms with Crippen molar-refractivity contribution in [1.82, 2.24) is 4.98 Å². The normalized spacial score (nSPS) is 10.3. The third-order valence-electron chi connectivity index (χ3n) is 2.52. The highest BCUT2D eigenvalue weighted by molar-refractivity contribution is 6.05. The zero-order valence-electron chi connectivity index (χ0n) is 10.1. The van der Waals surface area contributed by atoms with Crippen molar-refractivity contribution in [3.05, 3.63) is 53.4 Å². The molecule has 0 atom stereocenters. The molecular weight excluding hydrogens is 252 g/mol. The Morgan fingerprint density at radius 3 is 2.63 bits per heavy atom. The summed E-state index contributed by atoms with van der Waals surface area (Å²) >= 11 is 0. The number of carbonyl (C=O) groups is 1. The number of halogens is 2. The summed E-state index contributed by atoms with van der Waals surface area (Å²) in [5.41, 5.74) is 5.42. The van der Waals surface area contributed by atoms with E-state index in [9.17, 15) is 13.6 Å². The van der Waals surface area contributed by atoms with Crippen molar-refractivity contribution >= 4 is 17.3 Å². The molecule has 0 radical (unpaired) electrons. The highest BCUT2D eigenvalue weighted by Gasteiger charge is 2.19. The maximum absolute atomic E-state index is 13.6. The average molecular weight is 263 g/mol. The molecule has 1 aromatic heterocycles. The Morgan fingerprint density at radius 1 is 1.26 bits per heavy atom. The number of nitrogens with one attached hydrogen (secondary N) is 1. The summed E-state index contributed by atoms with van der Waals surface area (Å²) in [4.78, 5) is 15.8. The molecule has 2 rings (SSSR count). The fourth-order valence-corrected chi connectivity index (χ4v) is 1.51. The minimum Gasteiger partial charge on any atom is -0.396 e. The number of nitrogens with two attached hydrogens (primary N) is 1. The summed E-state index contributed by atoms with van der Waals surface area (Å²) in [6.45, 7) is 1.78. The van der Waals surface area contributed by atoms with Crippen molar-refractivity contribution in [1.29, 1.82) is 0 Å². The van der Waals surface area contributed by atoms with E-state index in [1.807, 2.05) is 0 Å². The summed E-state index contributed by atoms with van der Waals surface area (Å²) in [7, 11) is 0. The molecular formula is C13H11F2N3O. The number of nitrogen functional groups attached to an aromatic ring is 1. The fourth-order valence-electron chi connectivity index (χ4n) is 1.51. The van der Waals surface area contributed by atoms with Gasteiger partial charge >= 0.3 is 0 Å². The lowest BCUT2D eigenvalue weighted by Gasteiger charge is -2.08. The van der Waals surface area contributed by atoms with Gasteiger partial charge in [0.25, 0.3) is 5.91 Å². The summed E-state index contributed by atoms with van der Waals surface area (Å²) in [6, 6.07) is 5.26. The van der Waals surface area contributed by atoms with Crippen molar-refractivity contribution in [3.63, 3.8) is 0 Å². The first-order valence-corrected chi connectivity index (χ1v) is 5.46. The molecule has 0 aliphatic rings. The average Bonchev–Trinajstić information content (AvgIpc) is 2.37. The van der Waals surface area contributed by atoms with Gasteiger partial charge in [-0.15, -0.1) is 0 Å². The number of amides is 1. The molecule has 98 valence electrons. The lowest BCUT2D eigenvalue weighted by Crippen LogP contribution is -2.17. The van der Waals surface area contributed by atoms with Crippen molar-refractivity contribution in [2.75, 3.05) is 11.1 Å². The van der Waals surface area contributed by atoms with E-state index in [2.05, 4.69) is 10.3 Å². The van der Waals surface area contributed by atoms with Crippen LogP contribution in [0.25, 0.3) is 0 Å². The number of aromatic nitrogens is 1. The first kappa shape index (κ1) is 12.9. The van der Waals surface area contributed by atoms with Gasteiger partial charge < -0.3 is 11.1 Å². The Balaban J connectivity index is 2.30. The molecule has 0 saturated heterocycles. The second-order valence-corrected chi connectivity index (χ2v) is 3.97. The van der Waals surface area contributed by atoms with Crippen LogP contribution in [-0.4, -0.2) is 10.9 Å². The van der Waals surface area contributed by atoms with Crippen LogP contribution in [0.1, 0.15) is 16.1 Å². The van der Waals surface area contributed by atoms with E-state index in [0.29, 0.717) is 5.69 Å². The van der Waals surface area contributed by atoms with Gasteiger partial charge in [0.15, 0.2) is 5.82 Å². The number of hydrogen-bond donors (Lipinski definition) is 2. The fraction of sp³-hybridized carbons (Fsp3) is 0.0769. The molecule has 2 aromatic rings. The molecule has 4 nitrogen and oxygen atoms in total. The molecule has 0 aliphatic heterocycles. The highest BCUT2D eigenvalue weighted by Crippen LogP contribution is 2.20. The van der Waals surface area contributed by atoms with Crippen LogP contribution in [0.3, 0.4) is 0 Å². The first-order valence-electron chi connectivity index (χ1n) is 5.46. The molecule has 0 fully saturated rings. The first-order chi connectivity index (χ1) is 8.99. The minimum absolute atomic E-state index is 0.284. The molecule has 1 aromatic carbocycles. The van der Waals surface area contributed by atoms with Gasteiger partial charge in [-0.1, -0.05) is 0 Å². The largest absolute Gasteiger partial charge is 0.396 e. The summed E-state index contributed by atoms with van der Waals surface area (Å²) in [5, 5.41) is 2.36. The van der Waals surface area contributed by atoms with Crippen molar-refractivity contribution in [3.8, 4) is 0 Å². The van der Waals surface area contributed by atoms with Crippen LogP contribution in [0.2, 0.25) is 0 Å². The van der Waals surface area contributed by atoms with Gasteiger partial charge in [0, 0.05) is 5.69 Å². The van der Waals surface area contributed by atoms with Gasteiger partial charge in [0.2, 0.25) is 0 Å². The molecule has 3 N–H and O–H groups in total. The standard InChI is InChI=1S/C13H11F2N3O/c1-7-2-3-8(6-17-7)18-13(19)11-9(14)4-5-10(16)12(11)15/h2-6H,16H2,1H3,(H,18,19). The van der Waals surface area contributed by atoms with Crippen LogP contribution < -0.4 is 11.1 Å². The van der Waals surface area contributed by atoms with E-state index in [1.165, 1.54) is 6.20 Å². The molecule has 19 heavy (non-hydrogen) atoms. The van der Waals surface area contributed by atoms with E-state index >= 15 is 0 Å². The van der Waals surface area contributed by atoms with Gasteiger partial charge in [-0.25, -0.2) is 8.78 Å². The number of carbonyl (C=O) groups excluding carboxylic acids is 1. The number of aryl methyl sites for hydroxylation is 1.